The molecule has 0 unspecified atom stereocenters. The Bertz CT molecular complexity index is 691. The SMILES string of the molecule is O=C(CN1CCCCC1=O)NCc1cccc2ccccc12. The van der Waals surface area contributed by atoms with E-state index in [1.54, 1.807) is 4.90 Å². The van der Waals surface area contributed by atoms with Crippen LogP contribution in [-0.2, 0) is 16.1 Å². The largest absolute Gasteiger partial charge is 0.350 e. The standard InChI is InChI=1S/C18H20N2O2/c21-17(13-20-11-4-3-10-18(20)22)19-12-15-8-5-7-14-6-1-2-9-16(14)15/h1-2,5-9H,3-4,10-13H2,(H,19,21). The highest BCUT2D eigenvalue weighted by Gasteiger charge is 2.20. The zero-order chi connectivity index (χ0) is 15.4. The number of rotatable bonds is 4. The summed E-state index contributed by atoms with van der Waals surface area (Å²) >= 11 is 0. The van der Waals surface area contributed by atoms with Gasteiger partial charge in [-0.1, -0.05) is 42.5 Å². The summed E-state index contributed by atoms with van der Waals surface area (Å²) in [6, 6.07) is 14.2. The predicted molar refractivity (Wildman–Crippen MR) is 86.2 cm³/mol. The van der Waals surface area contributed by atoms with Gasteiger partial charge in [-0.2, -0.15) is 0 Å². The normalized spacial score (nSPS) is 15.1. The molecule has 1 N–H and O–H groups in total. The molecule has 0 aromatic heterocycles. The lowest BCUT2D eigenvalue weighted by Crippen LogP contribution is -2.42. The van der Waals surface area contributed by atoms with E-state index in [1.807, 2.05) is 24.3 Å². The molecule has 1 aliphatic heterocycles. The van der Waals surface area contributed by atoms with Gasteiger partial charge in [0.05, 0.1) is 6.54 Å². The molecule has 1 heterocycles. The molecule has 2 amide bonds. The molecule has 114 valence electrons. The Morgan fingerprint density at radius 1 is 1.09 bits per heavy atom. The molecule has 4 heteroatoms. The van der Waals surface area contributed by atoms with Gasteiger partial charge in [-0.25, -0.2) is 0 Å². The molecule has 1 fully saturated rings. The van der Waals surface area contributed by atoms with Crippen molar-refractivity contribution in [2.45, 2.75) is 25.8 Å². The Balaban J connectivity index is 1.61. The molecule has 0 bridgehead atoms. The van der Waals surface area contributed by atoms with E-state index < -0.39 is 0 Å². The number of benzene rings is 2. The molecule has 0 spiro atoms. The molecule has 2 aromatic rings. The molecule has 22 heavy (non-hydrogen) atoms. The van der Waals surface area contributed by atoms with E-state index in [0.29, 0.717) is 19.5 Å². The van der Waals surface area contributed by atoms with E-state index in [-0.39, 0.29) is 18.4 Å². The minimum Gasteiger partial charge on any atom is -0.350 e. The topological polar surface area (TPSA) is 49.4 Å². The summed E-state index contributed by atoms with van der Waals surface area (Å²) in [5, 5.41) is 5.25. The lowest BCUT2D eigenvalue weighted by Gasteiger charge is -2.26. The summed E-state index contributed by atoms with van der Waals surface area (Å²) in [4.78, 5) is 25.4. The molecular weight excluding hydrogens is 276 g/mol. The third kappa shape index (κ3) is 3.27. The number of nitrogens with one attached hydrogen (secondary N) is 1. The van der Waals surface area contributed by atoms with Crippen molar-refractivity contribution in [1.82, 2.24) is 10.2 Å². The minimum atomic E-state index is -0.0943. The van der Waals surface area contributed by atoms with Crippen LogP contribution in [0.25, 0.3) is 10.8 Å². The first-order valence-electron chi connectivity index (χ1n) is 7.75. The number of nitrogens with zero attached hydrogens (tertiary/aromatic N) is 1. The molecule has 3 rings (SSSR count). The van der Waals surface area contributed by atoms with Gasteiger partial charge in [0.15, 0.2) is 0 Å². The number of piperidine rings is 1. The molecular formula is C18H20N2O2. The Morgan fingerprint density at radius 2 is 1.91 bits per heavy atom. The van der Waals surface area contributed by atoms with Crippen LogP contribution in [0, 0.1) is 0 Å². The Labute approximate surface area is 130 Å². The van der Waals surface area contributed by atoms with Crippen LogP contribution >= 0.6 is 0 Å². The van der Waals surface area contributed by atoms with Gasteiger partial charge in [-0.3, -0.25) is 9.59 Å². The van der Waals surface area contributed by atoms with Gasteiger partial charge in [-0.05, 0) is 29.2 Å². The highest BCUT2D eigenvalue weighted by molar-refractivity contribution is 5.87. The Kier molecular flexibility index (Phi) is 4.37. The van der Waals surface area contributed by atoms with Crippen LogP contribution in [0.15, 0.2) is 42.5 Å². The van der Waals surface area contributed by atoms with Gasteiger partial charge in [0.2, 0.25) is 11.8 Å². The maximum absolute atomic E-state index is 12.1. The van der Waals surface area contributed by atoms with Crippen LogP contribution in [0.4, 0.5) is 0 Å². The average molecular weight is 296 g/mol. The van der Waals surface area contributed by atoms with Crippen LogP contribution in [0.5, 0.6) is 0 Å². The van der Waals surface area contributed by atoms with E-state index in [9.17, 15) is 9.59 Å². The van der Waals surface area contributed by atoms with Gasteiger partial charge < -0.3 is 10.2 Å². The van der Waals surface area contributed by atoms with Gasteiger partial charge in [0.1, 0.15) is 0 Å². The summed E-state index contributed by atoms with van der Waals surface area (Å²) in [5.74, 6) is -0.00487. The monoisotopic (exact) mass is 296 g/mol. The van der Waals surface area contributed by atoms with Crippen molar-refractivity contribution in [2.75, 3.05) is 13.1 Å². The number of hydrogen-bond acceptors (Lipinski definition) is 2. The van der Waals surface area contributed by atoms with Gasteiger partial charge in [0.25, 0.3) is 0 Å². The molecule has 1 aliphatic rings. The molecule has 0 saturated carbocycles. The van der Waals surface area contributed by atoms with Crippen molar-refractivity contribution >= 4 is 22.6 Å². The van der Waals surface area contributed by atoms with Crippen LogP contribution in [-0.4, -0.2) is 29.8 Å². The number of carbonyl (C=O) groups is 2. The van der Waals surface area contributed by atoms with Crippen molar-refractivity contribution in [3.05, 3.63) is 48.0 Å². The van der Waals surface area contributed by atoms with Crippen LogP contribution in [0.1, 0.15) is 24.8 Å². The van der Waals surface area contributed by atoms with Crippen molar-refractivity contribution in [2.24, 2.45) is 0 Å². The summed E-state index contributed by atoms with van der Waals surface area (Å²) in [7, 11) is 0. The van der Waals surface area contributed by atoms with Crippen LogP contribution in [0.2, 0.25) is 0 Å². The maximum Gasteiger partial charge on any atom is 0.239 e. The first-order valence-corrected chi connectivity index (χ1v) is 7.75. The predicted octanol–water partition coefficient (Wildman–Crippen LogP) is 2.47. The zero-order valence-electron chi connectivity index (χ0n) is 12.5. The van der Waals surface area contributed by atoms with Crippen LogP contribution < -0.4 is 5.32 Å². The average Bonchev–Trinajstić information content (AvgIpc) is 2.55. The van der Waals surface area contributed by atoms with Gasteiger partial charge >= 0.3 is 0 Å². The molecule has 0 aliphatic carbocycles. The number of carbonyl (C=O) groups excluding carboxylic acids is 2. The van der Waals surface area contributed by atoms with E-state index >= 15 is 0 Å². The van der Waals surface area contributed by atoms with Crippen molar-refractivity contribution < 1.29 is 9.59 Å². The summed E-state index contributed by atoms with van der Waals surface area (Å²) in [6.45, 7) is 1.35. The first-order chi connectivity index (χ1) is 10.7. The summed E-state index contributed by atoms with van der Waals surface area (Å²) in [6.07, 6.45) is 2.49. The second kappa shape index (κ2) is 6.60. The highest BCUT2D eigenvalue weighted by Crippen LogP contribution is 2.18. The fourth-order valence-electron chi connectivity index (χ4n) is 2.90. The number of amides is 2. The molecule has 2 aromatic carbocycles. The van der Waals surface area contributed by atoms with Gasteiger partial charge in [0, 0.05) is 19.5 Å². The summed E-state index contributed by atoms with van der Waals surface area (Å²) < 4.78 is 0. The smallest absolute Gasteiger partial charge is 0.239 e. The third-order valence-electron chi connectivity index (χ3n) is 4.11. The van der Waals surface area contributed by atoms with E-state index in [1.165, 1.54) is 5.39 Å². The highest BCUT2D eigenvalue weighted by atomic mass is 16.2. The van der Waals surface area contributed by atoms with Crippen molar-refractivity contribution in [1.29, 1.82) is 0 Å². The lowest BCUT2D eigenvalue weighted by atomic mass is 10.0. The van der Waals surface area contributed by atoms with E-state index in [2.05, 4.69) is 23.5 Å². The van der Waals surface area contributed by atoms with Crippen LogP contribution in [0.3, 0.4) is 0 Å². The second-order valence-corrected chi connectivity index (χ2v) is 5.69. The van der Waals surface area contributed by atoms with E-state index in [4.69, 9.17) is 0 Å². The van der Waals surface area contributed by atoms with Crippen molar-refractivity contribution in [3.8, 4) is 0 Å². The second-order valence-electron chi connectivity index (χ2n) is 5.69. The number of hydrogen-bond donors (Lipinski definition) is 1. The molecule has 4 nitrogen and oxygen atoms in total. The maximum atomic E-state index is 12.1. The molecule has 0 radical (unpaired) electrons. The van der Waals surface area contributed by atoms with Gasteiger partial charge in [-0.15, -0.1) is 0 Å². The zero-order valence-corrected chi connectivity index (χ0v) is 12.5. The third-order valence-corrected chi connectivity index (χ3v) is 4.11. The molecule has 1 saturated heterocycles. The fourth-order valence-corrected chi connectivity index (χ4v) is 2.90. The van der Waals surface area contributed by atoms with E-state index in [0.717, 1.165) is 23.8 Å². The summed E-state index contributed by atoms with van der Waals surface area (Å²) in [5.41, 5.74) is 1.09. The first kappa shape index (κ1) is 14.6. The fraction of sp³-hybridized carbons (Fsp3) is 0.333. The minimum absolute atomic E-state index is 0.0894. The Hall–Kier alpha value is -2.36. The lowest BCUT2D eigenvalue weighted by molar-refractivity contribution is -0.137. The number of fused-ring (bicyclic) bond motifs is 1. The molecule has 0 atom stereocenters. The quantitative estimate of drug-likeness (QED) is 0.942. The number of likely N-dealkylation sites (tertiary alicyclic amines) is 1. The van der Waals surface area contributed by atoms with Crippen molar-refractivity contribution in [3.63, 3.8) is 0 Å². The Morgan fingerprint density at radius 3 is 2.77 bits per heavy atom.